The van der Waals surface area contributed by atoms with Crippen LogP contribution in [0.5, 0.6) is 0 Å². The Morgan fingerprint density at radius 1 is 1.15 bits per heavy atom. The van der Waals surface area contributed by atoms with E-state index >= 15 is 0 Å². The molecule has 0 aliphatic heterocycles. The lowest BCUT2D eigenvalue weighted by atomic mass is 9.76. The zero-order valence-electron chi connectivity index (χ0n) is 14.5. The van der Waals surface area contributed by atoms with Gasteiger partial charge in [-0.2, -0.15) is 0 Å². The van der Waals surface area contributed by atoms with E-state index in [1.165, 1.54) is 0 Å². The van der Waals surface area contributed by atoms with Crippen LogP contribution in [0.4, 0.5) is 5.82 Å². The fourth-order valence-corrected chi connectivity index (χ4v) is 3.11. The molecule has 3 aromatic heterocycles. The molecule has 1 saturated carbocycles. The molecular weight excluding hydrogens is 330 g/mol. The van der Waals surface area contributed by atoms with Crippen molar-refractivity contribution in [1.82, 2.24) is 19.9 Å². The summed E-state index contributed by atoms with van der Waals surface area (Å²) in [6.07, 6.45) is 9.23. The van der Waals surface area contributed by atoms with Gasteiger partial charge in [0, 0.05) is 29.5 Å². The van der Waals surface area contributed by atoms with Gasteiger partial charge in [0.05, 0.1) is 18.3 Å². The third-order valence-corrected chi connectivity index (χ3v) is 4.67. The number of rotatable bonds is 5. The fourth-order valence-electron chi connectivity index (χ4n) is 3.11. The Bertz CT molecular complexity index is 941. The third-order valence-electron chi connectivity index (χ3n) is 4.67. The molecule has 1 fully saturated rings. The van der Waals surface area contributed by atoms with Crippen molar-refractivity contribution in [2.45, 2.75) is 31.7 Å². The van der Waals surface area contributed by atoms with E-state index in [4.69, 9.17) is 9.72 Å². The van der Waals surface area contributed by atoms with Crippen LogP contribution in [0.2, 0.25) is 0 Å². The van der Waals surface area contributed by atoms with Crippen LogP contribution in [0.15, 0.2) is 43.0 Å². The molecule has 0 unspecified atom stereocenters. The van der Waals surface area contributed by atoms with Gasteiger partial charge in [-0.05, 0) is 44.4 Å². The van der Waals surface area contributed by atoms with Crippen LogP contribution < -0.4 is 5.32 Å². The van der Waals surface area contributed by atoms with Crippen LogP contribution in [0.3, 0.4) is 0 Å². The van der Waals surface area contributed by atoms with Crippen molar-refractivity contribution in [3.63, 3.8) is 0 Å². The highest BCUT2D eigenvalue weighted by atomic mass is 16.5. The molecule has 7 heteroatoms. The molecule has 0 amide bonds. The number of carbonyl (C=O) groups is 1. The van der Waals surface area contributed by atoms with Gasteiger partial charge in [0.25, 0.3) is 0 Å². The summed E-state index contributed by atoms with van der Waals surface area (Å²) < 4.78 is 5.28. The van der Waals surface area contributed by atoms with E-state index in [1.54, 1.807) is 24.8 Å². The van der Waals surface area contributed by atoms with Gasteiger partial charge < -0.3 is 10.1 Å². The number of nitrogens with one attached hydrogen (secondary N) is 1. The van der Waals surface area contributed by atoms with E-state index in [2.05, 4.69) is 20.3 Å². The second-order valence-corrected chi connectivity index (χ2v) is 6.31. The lowest BCUT2D eigenvalue weighted by molar-refractivity contribution is -0.151. The van der Waals surface area contributed by atoms with Gasteiger partial charge in [-0.15, -0.1) is 0 Å². The maximum atomic E-state index is 12.5. The Morgan fingerprint density at radius 3 is 2.62 bits per heavy atom. The highest BCUT2D eigenvalue weighted by molar-refractivity contribution is 5.93. The molecule has 0 radical (unpaired) electrons. The molecule has 132 valence electrons. The van der Waals surface area contributed by atoms with Gasteiger partial charge >= 0.3 is 5.97 Å². The fraction of sp³-hybridized carbons (Fsp3) is 0.316. The largest absolute Gasteiger partial charge is 0.464 e. The van der Waals surface area contributed by atoms with Crippen molar-refractivity contribution in [3.8, 4) is 11.4 Å². The van der Waals surface area contributed by atoms with E-state index in [9.17, 15) is 4.79 Å². The van der Waals surface area contributed by atoms with E-state index in [0.29, 0.717) is 18.2 Å². The highest BCUT2D eigenvalue weighted by Crippen LogP contribution is 2.38. The number of aromatic nitrogens is 4. The topological polar surface area (TPSA) is 89.9 Å². The maximum Gasteiger partial charge on any atom is 0.331 e. The summed E-state index contributed by atoms with van der Waals surface area (Å²) in [5, 5.41) is 4.19. The summed E-state index contributed by atoms with van der Waals surface area (Å²) >= 11 is 0. The van der Waals surface area contributed by atoms with Crippen molar-refractivity contribution in [3.05, 3.63) is 43.0 Å². The zero-order valence-corrected chi connectivity index (χ0v) is 14.5. The van der Waals surface area contributed by atoms with E-state index in [-0.39, 0.29) is 5.97 Å². The summed E-state index contributed by atoms with van der Waals surface area (Å²) in [6.45, 7) is 2.18. The first kappa shape index (κ1) is 16.4. The summed E-state index contributed by atoms with van der Waals surface area (Å²) in [4.78, 5) is 30.0. The Labute approximate surface area is 150 Å². The molecule has 0 saturated heterocycles. The maximum absolute atomic E-state index is 12.5. The van der Waals surface area contributed by atoms with Crippen LogP contribution in [-0.4, -0.2) is 38.1 Å². The second kappa shape index (κ2) is 6.67. The smallest absolute Gasteiger partial charge is 0.331 e. The van der Waals surface area contributed by atoms with Crippen molar-refractivity contribution < 1.29 is 9.53 Å². The Balaban J connectivity index is 1.79. The average Bonchev–Trinajstić information content (AvgIpc) is 2.65. The molecule has 0 bridgehead atoms. The lowest BCUT2D eigenvalue weighted by Gasteiger charge is -2.40. The first-order chi connectivity index (χ1) is 12.7. The van der Waals surface area contributed by atoms with Gasteiger partial charge in [0.1, 0.15) is 11.4 Å². The predicted octanol–water partition coefficient (Wildman–Crippen LogP) is 2.98. The minimum absolute atomic E-state index is 0.225. The number of hydrogen-bond donors (Lipinski definition) is 1. The standard InChI is InChI=1S/C19H19N5O2/c1-2-26-18(25)19(7-3-8-19)24-17-14-6-11-21-12-15(14)22-16(23-17)13-4-9-20-10-5-13/h4-6,9-12H,2-3,7-8H2,1H3,(H,22,23,24). The molecule has 26 heavy (non-hydrogen) atoms. The van der Waals surface area contributed by atoms with Crippen molar-refractivity contribution >= 4 is 22.7 Å². The summed E-state index contributed by atoms with van der Waals surface area (Å²) in [6, 6.07) is 5.56. The summed E-state index contributed by atoms with van der Waals surface area (Å²) in [7, 11) is 0. The van der Waals surface area contributed by atoms with Gasteiger partial charge in [-0.3, -0.25) is 9.97 Å². The van der Waals surface area contributed by atoms with E-state index in [0.717, 1.165) is 35.7 Å². The third kappa shape index (κ3) is 2.85. The van der Waals surface area contributed by atoms with Crippen LogP contribution >= 0.6 is 0 Å². The van der Waals surface area contributed by atoms with E-state index < -0.39 is 5.54 Å². The number of nitrogens with zero attached hydrogens (tertiary/aromatic N) is 4. The summed E-state index contributed by atoms with van der Waals surface area (Å²) in [5.74, 6) is 0.961. The SMILES string of the molecule is CCOC(=O)C1(Nc2nc(-c3ccncc3)nc3cnccc23)CCC1. The van der Waals surface area contributed by atoms with Crippen LogP contribution in [0.1, 0.15) is 26.2 Å². The normalized spacial score (nSPS) is 15.3. The lowest BCUT2D eigenvalue weighted by Crippen LogP contribution is -2.53. The molecule has 4 rings (SSSR count). The number of hydrogen-bond acceptors (Lipinski definition) is 7. The van der Waals surface area contributed by atoms with Gasteiger partial charge in [0.2, 0.25) is 0 Å². The molecule has 3 aromatic rings. The first-order valence-electron chi connectivity index (χ1n) is 8.69. The first-order valence-corrected chi connectivity index (χ1v) is 8.69. The zero-order chi connectivity index (χ0) is 18.0. The van der Waals surface area contributed by atoms with Gasteiger partial charge in [-0.1, -0.05) is 0 Å². The van der Waals surface area contributed by atoms with Crippen LogP contribution in [0, 0.1) is 0 Å². The summed E-state index contributed by atoms with van der Waals surface area (Å²) in [5.41, 5.74) is 0.860. The second-order valence-electron chi connectivity index (χ2n) is 6.31. The average molecular weight is 349 g/mol. The van der Waals surface area contributed by atoms with Gasteiger partial charge in [-0.25, -0.2) is 14.8 Å². The Morgan fingerprint density at radius 2 is 1.92 bits per heavy atom. The monoisotopic (exact) mass is 349 g/mol. The molecule has 0 atom stereocenters. The minimum atomic E-state index is -0.712. The number of esters is 1. The van der Waals surface area contributed by atoms with Crippen molar-refractivity contribution in [2.75, 3.05) is 11.9 Å². The molecule has 0 aromatic carbocycles. The van der Waals surface area contributed by atoms with Gasteiger partial charge in [0.15, 0.2) is 5.82 Å². The number of anilines is 1. The number of ether oxygens (including phenoxy) is 1. The molecule has 1 N–H and O–H groups in total. The number of pyridine rings is 2. The Hall–Kier alpha value is -3.09. The van der Waals surface area contributed by atoms with Crippen molar-refractivity contribution in [1.29, 1.82) is 0 Å². The predicted molar refractivity (Wildman–Crippen MR) is 97.4 cm³/mol. The van der Waals surface area contributed by atoms with E-state index in [1.807, 2.05) is 25.1 Å². The number of carbonyl (C=O) groups excluding carboxylic acids is 1. The molecule has 1 aliphatic rings. The molecule has 1 aliphatic carbocycles. The van der Waals surface area contributed by atoms with Crippen LogP contribution in [-0.2, 0) is 9.53 Å². The molecule has 3 heterocycles. The van der Waals surface area contributed by atoms with Crippen LogP contribution in [0.25, 0.3) is 22.3 Å². The molecule has 0 spiro atoms. The van der Waals surface area contributed by atoms with Crippen molar-refractivity contribution in [2.24, 2.45) is 0 Å². The minimum Gasteiger partial charge on any atom is -0.464 e. The highest BCUT2D eigenvalue weighted by Gasteiger charge is 2.46. The Kier molecular flexibility index (Phi) is 4.20. The molecular formula is C19H19N5O2. The quantitative estimate of drug-likeness (QED) is 0.708. The number of fused-ring (bicyclic) bond motifs is 1. The molecule has 7 nitrogen and oxygen atoms in total.